The highest BCUT2D eigenvalue weighted by Gasteiger charge is 1.97. The molecule has 0 unspecified atom stereocenters. The Morgan fingerprint density at radius 2 is 1.75 bits per heavy atom. The average molecular weight is 186 g/mol. The summed E-state index contributed by atoms with van der Waals surface area (Å²) in [6, 6.07) is 8.64. The summed E-state index contributed by atoms with van der Waals surface area (Å²) in [6.07, 6.45) is 1.20. The van der Waals surface area contributed by atoms with Gasteiger partial charge in [0, 0.05) is 0 Å². The van der Waals surface area contributed by atoms with Crippen LogP contribution >= 0.6 is 0 Å². The molecule has 2 nitrogen and oxygen atoms in total. The van der Waals surface area contributed by atoms with Crippen LogP contribution in [-0.4, -0.2) is 8.42 Å². The van der Waals surface area contributed by atoms with E-state index in [0.29, 0.717) is 11.0 Å². The number of rotatable bonds is 2. The standard InChI is InChI=1S/C8H7FO2S/c9-12(10,11)7-6-8-4-2-1-3-5-8/h1-7H/b7-6-. The van der Waals surface area contributed by atoms with Crippen molar-refractivity contribution in [2.45, 2.75) is 0 Å². The largest absolute Gasteiger partial charge is 0.325 e. The molecule has 0 saturated heterocycles. The van der Waals surface area contributed by atoms with Crippen molar-refractivity contribution in [2.75, 3.05) is 0 Å². The van der Waals surface area contributed by atoms with Crippen molar-refractivity contribution >= 4 is 16.3 Å². The Hall–Kier alpha value is -1.16. The van der Waals surface area contributed by atoms with Gasteiger partial charge in [-0.15, -0.1) is 3.89 Å². The van der Waals surface area contributed by atoms with Gasteiger partial charge in [-0.1, -0.05) is 30.3 Å². The maximum atomic E-state index is 12.0. The van der Waals surface area contributed by atoms with Crippen LogP contribution in [0.1, 0.15) is 5.56 Å². The monoisotopic (exact) mass is 186 g/mol. The fourth-order valence-corrected chi connectivity index (χ4v) is 1.04. The van der Waals surface area contributed by atoms with E-state index in [2.05, 4.69) is 0 Å². The average Bonchev–Trinajstić information content (AvgIpc) is 2.02. The smallest absolute Gasteiger partial charge is 0.190 e. The molecule has 0 heterocycles. The third-order valence-corrected chi connectivity index (χ3v) is 1.68. The Balaban J connectivity index is 2.85. The van der Waals surface area contributed by atoms with Gasteiger partial charge in [0.2, 0.25) is 0 Å². The molecule has 64 valence electrons. The minimum absolute atomic E-state index is 0.530. The molecular formula is C8H7FO2S. The van der Waals surface area contributed by atoms with Crippen LogP contribution in [0, 0.1) is 0 Å². The Morgan fingerprint density at radius 1 is 1.17 bits per heavy atom. The van der Waals surface area contributed by atoms with Crippen LogP contribution in [0.2, 0.25) is 0 Å². The first kappa shape index (κ1) is 8.93. The molecule has 12 heavy (non-hydrogen) atoms. The summed E-state index contributed by atoms with van der Waals surface area (Å²) >= 11 is 0. The molecule has 0 aromatic heterocycles. The minimum atomic E-state index is -4.50. The van der Waals surface area contributed by atoms with E-state index in [1.807, 2.05) is 0 Å². The van der Waals surface area contributed by atoms with Gasteiger partial charge in [-0.2, -0.15) is 8.42 Å². The van der Waals surface area contributed by atoms with Crippen LogP contribution in [0.15, 0.2) is 35.7 Å². The van der Waals surface area contributed by atoms with Gasteiger partial charge in [-0.3, -0.25) is 0 Å². The Morgan fingerprint density at radius 3 is 2.25 bits per heavy atom. The van der Waals surface area contributed by atoms with Crippen LogP contribution in [0.5, 0.6) is 0 Å². The summed E-state index contributed by atoms with van der Waals surface area (Å²) in [5, 5.41) is 0.530. The van der Waals surface area contributed by atoms with Gasteiger partial charge in [0.15, 0.2) is 0 Å². The topological polar surface area (TPSA) is 34.1 Å². The van der Waals surface area contributed by atoms with E-state index >= 15 is 0 Å². The molecule has 0 fully saturated rings. The number of hydrogen-bond acceptors (Lipinski definition) is 2. The van der Waals surface area contributed by atoms with Gasteiger partial charge < -0.3 is 0 Å². The normalized spacial score (nSPS) is 12.1. The third kappa shape index (κ3) is 3.30. The van der Waals surface area contributed by atoms with E-state index in [0.717, 1.165) is 0 Å². The number of halogens is 1. The molecule has 1 rings (SSSR count). The van der Waals surface area contributed by atoms with E-state index < -0.39 is 10.2 Å². The Bertz CT molecular complexity index is 367. The minimum Gasteiger partial charge on any atom is -0.190 e. The fourth-order valence-electron chi connectivity index (χ4n) is 0.724. The maximum absolute atomic E-state index is 12.0. The molecule has 1 aromatic carbocycles. The lowest BCUT2D eigenvalue weighted by molar-refractivity contribution is 0.563. The van der Waals surface area contributed by atoms with E-state index in [-0.39, 0.29) is 0 Å². The zero-order valence-corrected chi connectivity index (χ0v) is 6.96. The maximum Gasteiger partial charge on any atom is 0.325 e. The van der Waals surface area contributed by atoms with Crippen molar-refractivity contribution in [1.82, 2.24) is 0 Å². The van der Waals surface area contributed by atoms with Gasteiger partial charge >= 0.3 is 10.2 Å². The van der Waals surface area contributed by atoms with E-state index in [4.69, 9.17) is 0 Å². The first-order valence-electron chi connectivity index (χ1n) is 3.26. The molecule has 4 heteroatoms. The quantitative estimate of drug-likeness (QED) is 0.661. The lowest BCUT2D eigenvalue weighted by Crippen LogP contribution is -1.80. The molecule has 1 aromatic rings. The summed E-state index contributed by atoms with van der Waals surface area (Å²) in [6.45, 7) is 0. The van der Waals surface area contributed by atoms with Crippen molar-refractivity contribution < 1.29 is 12.3 Å². The van der Waals surface area contributed by atoms with Crippen molar-refractivity contribution in [1.29, 1.82) is 0 Å². The molecule has 0 amide bonds. The van der Waals surface area contributed by atoms with Crippen LogP contribution in [0.25, 0.3) is 6.08 Å². The van der Waals surface area contributed by atoms with E-state index in [9.17, 15) is 12.3 Å². The molecule has 0 atom stereocenters. The second-order valence-electron chi connectivity index (χ2n) is 2.19. The van der Waals surface area contributed by atoms with E-state index in [1.165, 1.54) is 6.08 Å². The predicted octanol–water partition coefficient (Wildman–Crippen LogP) is 1.96. The molecule has 0 spiro atoms. The predicted molar refractivity (Wildman–Crippen MR) is 45.5 cm³/mol. The molecule has 0 bridgehead atoms. The fraction of sp³-hybridized carbons (Fsp3) is 0. The van der Waals surface area contributed by atoms with Gasteiger partial charge in [-0.05, 0) is 11.6 Å². The van der Waals surface area contributed by atoms with Crippen molar-refractivity contribution in [2.24, 2.45) is 0 Å². The van der Waals surface area contributed by atoms with Crippen LogP contribution in [-0.2, 0) is 10.2 Å². The lowest BCUT2D eigenvalue weighted by Gasteiger charge is -1.88. The number of benzene rings is 1. The van der Waals surface area contributed by atoms with Crippen molar-refractivity contribution in [3.05, 3.63) is 41.3 Å². The highest BCUT2D eigenvalue weighted by Crippen LogP contribution is 2.03. The molecule has 0 radical (unpaired) electrons. The van der Waals surface area contributed by atoms with Crippen LogP contribution in [0.4, 0.5) is 3.89 Å². The molecule has 0 aliphatic heterocycles. The molecule has 0 aliphatic rings. The second-order valence-corrected chi connectivity index (χ2v) is 3.41. The third-order valence-electron chi connectivity index (χ3n) is 1.22. The molecule has 0 aliphatic carbocycles. The number of hydrogen-bond donors (Lipinski definition) is 0. The Labute approximate surface area is 70.6 Å². The van der Waals surface area contributed by atoms with Gasteiger partial charge in [0.25, 0.3) is 0 Å². The highest BCUT2D eigenvalue weighted by molar-refractivity contribution is 7.89. The van der Waals surface area contributed by atoms with Crippen LogP contribution < -0.4 is 0 Å². The van der Waals surface area contributed by atoms with Gasteiger partial charge in [0.1, 0.15) is 0 Å². The van der Waals surface area contributed by atoms with Crippen molar-refractivity contribution in [3.63, 3.8) is 0 Å². The molecule has 0 N–H and O–H groups in total. The zero-order chi connectivity index (χ0) is 9.03. The summed E-state index contributed by atoms with van der Waals surface area (Å²) in [5.41, 5.74) is 0.652. The van der Waals surface area contributed by atoms with Gasteiger partial charge in [0.05, 0.1) is 5.41 Å². The first-order chi connectivity index (χ1) is 5.58. The summed E-state index contributed by atoms with van der Waals surface area (Å²) < 4.78 is 32.1. The Kier molecular flexibility index (Phi) is 2.60. The van der Waals surface area contributed by atoms with Crippen LogP contribution in [0.3, 0.4) is 0 Å². The van der Waals surface area contributed by atoms with Gasteiger partial charge in [-0.25, -0.2) is 0 Å². The zero-order valence-electron chi connectivity index (χ0n) is 6.14. The summed E-state index contributed by atoms with van der Waals surface area (Å²) in [4.78, 5) is 0. The highest BCUT2D eigenvalue weighted by atomic mass is 32.3. The first-order valence-corrected chi connectivity index (χ1v) is 4.70. The molecular weight excluding hydrogens is 179 g/mol. The van der Waals surface area contributed by atoms with E-state index in [1.54, 1.807) is 30.3 Å². The summed E-state index contributed by atoms with van der Waals surface area (Å²) in [5.74, 6) is 0. The SMILES string of the molecule is O=S(=O)(F)/C=C\c1ccccc1. The summed E-state index contributed by atoms with van der Waals surface area (Å²) in [7, 11) is -4.50. The lowest BCUT2D eigenvalue weighted by atomic mass is 10.2. The molecule has 0 saturated carbocycles. The van der Waals surface area contributed by atoms with Crippen molar-refractivity contribution in [3.8, 4) is 0 Å². The second kappa shape index (κ2) is 3.49.